The molecule has 3 aromatic rings. The first-order valence-corrected chi connectivity index (χ1v) is 6.23. The van der Waals surface area contributed by atoms with E-state index in [2.05, 4.69) is 20.5 Å². The molecule has 8 heteroatoms. The van der Waals surface area contributed by atoms with Crippen LogP contribution in [0.4, 0.5) is 0 Å². The second-order valence-corrected chi connectivity index (χ2v) is 4.42. The SMILES string of the molecule is NCc1cn(Cc2noc(-c3ccsc3)n2)nn1. The smallest absolute Gasteiger partial charge is 0.258 e. The van der Waals surface area contributed by atoms with E-state index in [-0.39, 0.29) is 0 Å². The van der Waals surface area contributed by atoms with E-state index in [4.69, 9.17) is 10.3 Å². The highest BCUT2D eigenvalue weighted by atomic mass is 32.1. The lowest BCUT2D eigenvalue weighted by Crippen LogP contribution is -2.02. The van der Waals surface area contributed by atoms with Crippen LogP contribution in [-0.2, 0) is 13.1 Å². The Labute approximate surface area is 106 Å². The van der Waals surface area contributed by atoms with Crippen LogP contribution in [-0.4, -0.2) is 25.1 Å². The number of nitrogens with zero attached hydrogens (tertiary/aromatic N) is 5. The van der Waals surface area contributed by atoms with Crippen molar-refractivity contribution in [3.05, 3.63) is 34.5 Å². The molecule has 92 valence electrons. The summed E-state index contributed by atoms with van der Waals surface area (Å²) >= 11 is 1.58. The molecule has 0 unspecified atom stereocenters. The van der Waals surface area contributed by atoms with E-state index in [0.29, 0.717) is 24.8 Å². The lowest BCUT2D eigenvalue weighted by Gasteiger charge is -1.91. The standard InChI is InChI=1S/C10H10N6OS/c11-3-8-4-16(15-13-8)5-9-12-10(17-14-9)7-1-2-18-6-7/h1-2,4,6H,3,5,11H2. The zero-order valence-corrected chi connectivity index (χ0v) is 10.2. The first kappa shape index (κ1) is 11.1. The molecule has 18 heavy (non-hydrogen) atoms. The van der Waals surface area contributed by atoms with Gasteiger partial charge >= 0.3 is 0 Å². The molecule has 3 rings (SSSR count). The Morgan fingerprint density at radius 2 is 2.39 bits per heavy atom. The van der Waals surface area contributed by atoms with Crippen LogP contribution in [0, 0.1) is 0 Å². The topological polar surface area (TPSA) is 95.7 Å². The largest absolute Gasteiger partial charge is 0.334 e. The Balaban J connectivity index is 1.77. The van der Waals surface area contributed by atoms with Crippen molar-refractivity contribution in [1.82, 2.24) is 25.1 Å². The molecule has 0 spiro atoms. The van der Waals surface area contributed by atoms with E-state index >= 15 is 0 Å². The van der Waals surface area contributed by atoms with Gasteiger partial charge in [0.05, 0.1) is 17.5 Å². The van der Waals surface area contributed by atoms with Gasteiger partial charge in [0.25, 0.3) is 5.89 Å². The van der Waals surface area contributed by atoms with Gasteiger partial charge in [0.15, 0.2) is 5.82 Å². The van der Waals surface area contributed by atoms with Gasteiger partial charge in [-0.1, -0.05) is 10.4 Å². The van der Waals surface area contributed by atoms with E-state index in [0.717, 1.165) is 11.3 Å². The van der Waals surface area contributed by atoms with Crippen molar-refractivity contribution >= 4 is 11.3 Å². The average Bonchev–Trinajstić information content (AvgIpc) is 3.10. The molecule has 0 saturated heterocycles. The van der Waals surface area contributed by atoms with Crippen LogP contribution in [0.15, 0.2) is 27.5 Å². The van der Waals surface area contributed by atoms with Crippen LogP contribution >= 0.6 is 11.3 Å². The van der Waals surface area contributed by atoms with Gasteiger partial charge in [-0.3, -0.25) is 0 Å². The molecule has 0 aromatic carbocycles. The third-order valence-electron chi connectivity index (χ3n) is 2.33. The first-order chi connectivity index (χ1) is 8.85. The normalized spacial score (nSPS) is 10.9. The van der Waals surface area contributed by atoms with Gasteiger partial charge in [-0.2, -0.15) is 16.3 Å². The molecule has 2 N–H and O–H groups in total. The lowest BCUT2D eigenvalue weighted by atomic mass is 10.3. The predicted molar refractivity (Wildman–Crippen MR) is 64.6 cm³/mol. The van der Waals surface area contributed by atoms with Crippen molar-refractivity contribution < 1.29 is 4.52 Å². The van der Waals surface area contributed by atoms with E-state index in [9.17, 15) is 0 Å². The molecule has 0 aliphatic carbocycles. The van der Waals surface area contributed by atoms with E-state index in [1.165, 1.54) is 0 Å². The summed E-state index contributed by atoms with van der Waals surface area (Å²) in [4.78, 5) is 4.29. The molecule has 0 aliphatic rings. The molecule has 0 amide bonds. The maximum Gasteiger partial charge on any atom is 0.258 e. The van der Waals surface area contributed by atoms with Gasteiger partial charge in [-0.05, 0) is 11.4 Å². The molecule has 3 heterocycles. The third-order valence-corrected chi connectivity index (χ3v) is 3.02. The second-order valence-electron chi connectivity index (χ2n) is 3.64. The molecular weight excluding hydrogens is 252 g/mol. The number of rotatable bonds is 4. The maximum atomic E-state index is 5.46. The molecule has 3 aromatic heterocycles. The predicted octanol–water partition coefficient (Wildman–Crippen LogP) is 0.897. The summed E-state index contributed by atoms with van der Waals surface area (Å²) < 4.78 is 6.80. The van der Waals surface area contributed by atoms with Crippen LogP contribution in [0.25, 0.3) is 11.5 Å². The number of hydrogen-bond donors (Lipinski definition) is 1. The number of nitrogens with two attached hydrogens (primary N) is 1. The Bertz CT molecular complexity index is 628. The molecule has 0 bridgehead atoms. The monoisotopic (exact) mass is 262 g/mol. The zero-order chi connectivity index (χ0) is 12.4. The van der Waals surface area contributed by atoms with Crippen molar-refractivity contribution in [2.75, 3.05) is 0 Å². The Kier molecular flexibility index (Phi) is 2.87. The maximum absolute atomic E-state index is 5.46. The quantitative estimate of drug-likeness (QED) is 0.750. The van der Waals surface area contributed by atoms with Crippen molar-refractivity contribution in [3.63, 3.8) is 0 Å². The van der Waals surface area contributed by atoms with Gasteiger partial charge in [-0.15, -0.1) is 5.10 Å². The van der Waals surface area contributed by atoms with Crippen molar-refractivity contribution in [3.8, 4) is 11.5 Å². The summed E-state index contributed by atoms with van der Waals surface area (Å²) in [7, 11) is 0. The summed E-state index contributed by atoms with van der Waals surface area (Å²) in [5.41, 5.74) is 7.12. The second kappa shape index (κ2) is 4.67. The summed E-state index contributed by atoms with van der Waals surface area (Å²) in [6.07, 6.45) is 1.76. The van der Waals surface area contributed by atoms with Crippen LogP contribution in [0.2, 0.25) is 0 Å². The fraction of sp³-hybridized carbons (Fsp3) is 0.200. The summed E-state index contributed by atoms with van der Waals surface area (Å²) in [6, 6.07) is 1.93. The van der Waals surface area contributed by atoms with Crippen molar-refractivity contribution in [2.24, 2.45) is 5.73 Å². The van der Waals surface area contributed by atoms with Gasteiger partial charge < -0.3 is 10.3 Å². The van der Waals surface area contributed by atoms with Crippen LogP contribution < -0.4 is 5.73 Å². The zero-order valence-electron chi connectivity index (χ0n) is 9.35. The Hall–Kier alpha value is -2.06. The lowest BCUT2D eigenvalue weighted by molar-refractivity contribution is 0.418. The Morgan fingerprint density at radius 3 is 3.11 bits per heavy atom. The fourth-order valence-corrected chi connectivity index (χ4v) is 2.11. The third kappa shape index (κ3) is 2.15. The van der Waals surface area contributed by atoms with Gasteiger partial charge in [0.1, 0.15) is 6.54 Å². The van der Waals surface area contributed by atoms with Crippen LogP contribution in [0.5, 0.6) is 0 Å². The van der Waals surface area contributed by atoms with Crippen molar-refractivity contribution in [1.29, 1.82) is 0 Å². The minimum Gasteiger partial charge on any atom is -0.334 e. The van der Waals surface area contributed by atoms with Gasteiger partial charge in [0.2, 0.25) is 0 Å². The summed E-state index contributed by atoms with van der Waals surface area (Å²) in [5.74, 6) is 1.08. The number of aromatic nitrogens is 5. The van der Waals surface area contributed by atoms with Crippen molar-refractivity contribution in [2.45, 2.75) is 13.1 Å². The van der Waals surface area contributed by atoms with Crippen LogP contribution in [0.1, 0.15) is 11.5 Å². The average molecular weight is 262 g/mol. The van der Waals surface area contributed by atoms with Gasteiger partial charge in [0, 0.05) is 11.9 Å². The molecule has 0 aliphatic heterocycles. The molecule has 7 nitrogen and oxygen atoms in total. The highest BCUT2D eigenvalue weighted by Crippen LogP contribution is 2.19. The van der Waals surface area contributed by atoms with E-state index in [1.54, 1.807) is 22.2 Å². The van der Waals surface area contributed by atoms with E-state index < -0.39 is 0 Å². The van der Waals surface area contributed by atoms with E-state index in [1.807, 2.05) is 16.8 Å². The molecular formula is C10H10N6OS. The molecule has 0 atom stereocenters. The highest BCUT2D eigenvalue weighted by Gasteiger charge is 2.10. The fourth-order valence-electron chi connectivity index (χ4n) is 1.48. The molecule has 0 fully saturated rings. The summed E-state index contributed by atoms with van der Waals surface area (Å²) in [5, 5.41) is 15.6. The molecule has 0 radical (unpaired) electrons. The van der Waals surface area contributed by atoms with Crippen LogP contribution in [0.3, 0.4) is 0 Å². The van der Waals surface area contributed by atoms with Gasteiger partial charge in [-0.25, -0.2) is 4.68 Å². The highest BCUT2D eigenvalue weighted by molar-refractivity contribution is 7.08. The number of thiophene rings is 1. The number of hydrogen-bond acceptors (Lipinski definition) is 7. The molecule has 0 saturated carbocycles. The minimum absolute atomic E-state index is 0.367. The Morgan fingerprint density at radius 1 is 1.44 bits per heavy atom. The summed E-state index contributed by atoms with van der Waals surface area (Å²) in [6.45, 7) is 0.785. The first-order valence-electron chi connectivity index (χ1n) is 5.29. The minimum atomic E-state index is 0.367.